The van der Waals surface area contributed by atoms with Gasteiger partial charge < -0.3 is 14.6 Å². The zero-order valence-electron chi connectivity index (χ0n) is 22.2. The largest absolute Gasteiger partial charge is 0.414 e. The summed E-state index contributed by atoms with van der Waals surface area (Å²) in [4.78, 5) is 32.0. The van der Waals surface area contributed by atoms with E-state index in [2.05, 4.69) is 20.5 Å². The fourth-order valence-electron chi connectivity index (χ4n) is 4.77. The number of carbonyl (C=O) groups is 2. The Kier molecular flexibility index (Phi) is 9.94. The van der Waals surface area contributed by atoms with E-state index in [1.807, 2.05) is 17.9 Å². The first-order valence-electron chi connectivity index (χ1n) is 13.4. The van der Waals surface area contributed by atoms with Crippen molar-refractivity contribution in [3.05, 3.63) is 66.3 Å². The predicted molar refractivity (Wildman–Crippen MR) is 146 cm³/mol. The van der Waals surface area contributed by atoms with Crippen LogP contribution in [0.2, 0.25) is 0 Å². The van der Waals surface area contributed by atoms with Crippen molar-refractivity contribution in [2.75, 3.05) is 25.4 Å². The molecule has 0 bridgehead atoms. The Morgan fingerprint density at radius 3 is 2.44 bits per heavy atom. The Morgan fingerprint density at radius 2 is 1.74 bits per heavy atom. The van der Waals surface area contributed by atoms with Gasteiger partial charge in [-0.2, -0.15) is 0 Å². The van der Waals surface area contributed by atoms with E-state index < -0.39 is 21.8 Å². The topological polar surface area (TPSA) is 135 Å². The molecule has 0 aliphatic carbocycles. The van der Waals surface area contributed by atoms with Crippen molar-refractivity contribution in [2.24, 2.45) is 5.92 Å². The number of hydrogen-bond donors (Lipinski definition) is 1. The summed E-state index contributed by atoms with van der Waals surface area (Å²) >= 11 is 0. The minimum atomic E-state index is -3.51. The number of amides is 1. The molecule has 39 heavy (non-hydrogen) atoms. The van der Waals surface area contributed by atoms with Crippen molar-refractivity contribution in [3.8, 4) is 11.5 Å². The molecule has 0 spiro atoms. The first-order valence-corrected chi connectivity index (χ1v) is 15.2. The zero-order valence-corrected chi connectivity index (χ0v) is 23.0. The van der Waals surface area contributed by atoms with Gasteiger partial charge in [0.1, 0.15) is 0 Å². The molecule has 1 aliphatic heterocycles. The summed E-state index contributed by atoms with van der Waals surface area (Å²) in [6.45, 7) is 3.42. The molecule has 0 saturated carbocycles. The lowest BCUT2D eigenvalue weighted by atomic mass is 10.0. The number of nitrogens with zero attached hydrogens (tertiary/aromatic N) is 4. The lowest BCUT2D eigenvalue weighted by Crippen LogP contribution is -2.43. The molecule has 2 aromatic heterocycles. The minimum Gasteiger partial charge on any atom is -0.414 e. The molecular weight excluding hydrogens is 518 g/mol. The van der Waals surface area contributed by atoms with Gasteiger partial charge in [-0.05, 0) is 49.3 Å². The maximum Gasteiger partial charge on any atom is 0.285 e. The third-order valence-corrected chi connectivity index (χ3v) is 8.58. The summed E-state index contributed by atoms with van der Waals surface area (Å²) in [5.74, 6) is -1.09. The quantitative estimate of drug-likeness (QED) is 0.316. The molecule has 3 aromatic rings. The lowest BCUT2D eigenvalue weighted by Gasteiger charge is -2.29. The normalized spacial score (nSPS) is 15.6. The van der Waals surface area contributed by atoms with Gasteiger partial charge in [0.25, 0.3) is 5.89 Å². The van der Waals surface area contributed by atoms with Crippen LogP contribution in [-0.4, -0.2) is 71.6 Å². The Bertz CT molecular complexity index is 1320. The third kappa shape index (κ3) is 8.27. The number of likely N-dealkylation sites (tertiary alicyclic amines) is 1. The van der Waals surface area contributed by atoms with Crippen LogP contribution in [-0.2, 0) is 20.4 Å². The van der Waals surface area contributed by atoms with Crippen LogP contribution in [0.15, 0.2) is 59.3 Å². The molecule has 11 heteroatoms. The van der Waals surface area contributed by atoms with Crippen molar-refractivity contribution in [3.63, 3.8) is 0 Å². The Labute approximate surface area is 229 Å². The zero-order chi connectivity index (χ0) is 27.7. The van der Waals surface area contributed by atoms with Crippen LogP contribution >= 0.6 is 0 Å². The van der Waals surface area contributed by atoms with Gasteiger partial charge in [0, 0.05) is 44.0 Å². The van der Waals surface area contributed by atoms with Crippen LogP contribution in [0, 0.1) is 5.92 Å². The molecule has 1 N–H and O–H groups in total. The van der Waals surface area contributed by atoms with Gasteiger partial charge in [-0.15, -0.1) is 10.2 Å². The first-order chi connectivity index (χ1) is 18.8. The van der Waals surface area contributed by atoms with Crippen molar-refractivity contribution in [2.45, 2.75) is 50.8 Å². The summed E-state index contributed by atoms with van der Waals surface area (Å²) in [5, 5.41) is 11.1. The molecule has 0 radical (unpaired) electrons. The van der Waals surface area contributed by atoms with E-state index in [1.54, 1.807) is 48.8 Å². The van der Waals surface area contributed by atoms with Crippen molar-refractivity contribution in [1.82, 2.24) is 25.4 Å². The van der Waals surface area contributed by atoms with E-state index >= 15 is 0 Å². The summed E-state index contributed by atoms with van der Waals surface area (Å²) < 4.78 is 31.9. The Balaban J connectivity index is 1.44. The van der Waals surface area contributed by atoms with E-state index in [0.29, 0.717) is 30.6 Å². The van der Waals surface area contributed by atoms with Gasteiger partial charge in [-0.3, -0.25) is 14.6 Å². The molecule has 4 rings (SSSR count). The Hall–Kier alpha value is -3.44. The molecular formula is C28H35N5O5S. The highest BCUT2D eigenvalue weighted by Crippen LogP contribution is 2.19. The first kappa shape index (κ1) is 28.6. The van der Waals surface area contributed by atoms with E-state index in [-0.39, 0.29) is 47.9 Å². The van der Waals surface area contributed by atoms with Gasteiger partial charge in [0.2, 0.25) is 17.6 Å². The molecule has 10 nitrogen and oxygen atoms in total. The van der Waals surface area contributed by atoms with Crippen LogP contribution in [0.3, 0.4) is 0 Å². The second-order valence-corrected chi connectivity index (χ2v) is 12.0. The van der Waals surface area contributed by atoms with Gasteiger partial charge in [-0.25, -0.2) is 8.42 Å². The summed E-state index contributed by atoms with van der Waals surface area (Å²) in [5.41, 5.74) is 1.35. The number of carbonyl (C=O) groups excluding carboxylic acids is 2. The van der Waals surface area contributed by atoms with Crippen molar-refractivity contribution >= 4 is 21.5 Å². The average molecular weight is 554 g/mol. The van der Waals surface area contributed by atoms with E-state index in [0.717, 1.165) is 19.3 Å². The molecule has 2 atom stereocenters. The number of ketones is 1. The smallest absolute Gasteiger partial charge is 0.285 e. The molecule has 208 valence electrons. The van der Waals surface area contributed by atoms with Crippen LogP contribution in [0.25, 0.3) is 11.5 Å². The number of aromatic nitrogens is 3. The maximum absolute atomic E-state index is 13.2. The highest BCUT2D eigenvalue weighted by atomic mass is 32.2. The number of benzene rings is 1. The number of pyridine rings is 1. The lowest BCUT2D eigenvalue weighted by molar-refractivity contribution is -0.132. The monoisotopic (exact) mass is 553 g/mol. The van der Waals surface area contributed by atoms with Crippen LogP contribution < -0.4 is 5.32 Å². The number of hydrogen-bond acceptors (Lipinski definition) is 9. The highest BCUT2D eigenvalue weighted by Gasteiger charge is 2.29. The second-order valence-electron chi connectivity index (χ2n) is 9.93. The average Bonchev–Trinajstić information content (AvgIpc) is 3.45. The van der Waals surface area contributed by atoms with Gasteiger partial charge in [0.05, 0.1) is 17.5 Å². The van der Waals surface area contributed by atoms with Crippen molar-refractivity contribution < 1.29 is 22.4 Å². The molecule has 1 amide bonds. The number of nitrogens with one attached hydrogen (secondary N) is 1. The predicted octanol–water partition coefficient (Wildman–Crippen LogP) is 3.32. The van der Waals surface area contributed by atoms with E-state index in [9.17, 15) is 18.0 Å². The molecule has 1 fully saturated rings. The summed E-state index contributed by atoms with van der Waals surface area (Å²) in [7, 11) is -3.51. The van der Waals surface area contributed by atoms with E-state index in [1.165, 1.54) is 0 Å². The molecule has 1 aliphatic rings. The van der Waals surface area contributed by atoms with Gasteiger partial charge in [0.15, 0.2) is 9.84 Å². The van der Waals surface area contributed by atoms with Crippen LogP contribution in [0.5, 0.6) is 0 Å². The number of rotatable bonds is 13. The van der Waals surface area contributed by atoms with Gasteiger partial charge >= 0.3 is 0 Å². The number of piperidine rings is 1. The Morgan fingerprint density at radius 1 is 1.03 bits per heavy atom. The SMILES string of the molecule is CCC(NCC(CC(=O)N1CCCCC1)CS(=O)(=O)Cc1ccccc1)C(=O)c1nnc(-c2ccncc2)o1. The molecule has 1 aromatic carbocycles. The molecule has 2 unspecified atom stereocenters. The third-order valence-electron chi connectivity index (χ3n) is 6.83. The maximum atomic E-state index is 13.2. The number of sulfone groups is 1. The minimum absolute atomic E-state index is 0.0466. The van der Waals surface area contributed by atoms with Crippen LogP contribution in [0.1, 0.15) is 55.3 Å². The van der Waals surface area contributed by atoms with Gasteiger partial charge in [-0.1, -0.05) is 37.3 Å². The fourth-order valence-corrected chi connectivity index (χ4v) is 6.54. The molecule has 1 saturated heterocycles. The molecule has 3 heterocycles. The summed E-state index contributed by atoms with van der Waals surface area (Å²) in [6.07, 6.45) is 6.72. The fraction of sp³-hybridized carbons (Fsp3) is 0.464. The standard InChI is InChI=1S/C28H35N5O5S/c1-2-24(26(35)28-32-31-27(38-28)23-11-13-29-14-12-23)30-18-22(17-25(34)33-15-7-4-8-16-33)20-39(36,37)19-21-9-5-3-6-10-21/h3,5-6,9-14,22,24,30H,2,4,7-8,15-20H2,1H3. The van der Waals surface area contributed by atoms with Crippen LogP contribution in [0.4, 0.5) is 0 Å². The second kappa shape index (κ2) is 13.6. The summed E-state index contributed by atoms with van der Waals surface area (Å²) in [6, 6.07) is 11.7. The number of Topliss-reactive ketones (excluding diaryl/α,β-unsaturated/α-hetero) is 1. The highest BCUT2D eigenvalue weighted by molar-refractivity contribution is 7.90. The van der Waals surface area contributed by atoms with Crippen molar-refractivity contribution in [1.29, 1.82) is 0 Å². The van der Waals surface area contributed by atoms with E-state index in [4.69, 9.17) is 4.42 Å².